The van der Waals surface area contributed by atoms with Crippen LogP contribution in [-0.4, -0.2) is 11.0 Å². The Hall–Kier alpha value is -1.90. The third-order valence-electron chi connectivity index (χ3n) is 2.52. The molecule has 1 aromatic carbocycles. The molecule has 3 heteroatoms. The molecular weight excluding hydrogens is 202 g/mol. The van der Waals surface area contributed by atoms with Crippen LogP contribution in [0.25, 0.3) is 10.8 Å². The van der Waals surface area contributed by atoms with Gasteiger partial charge in [0.15, 0.2) is 0 Å². The second-order valence-corrected chi connectivity index (χ2v) is 3.71. The quantitative estimate of drug-likeness (QED) is 0.723. The van der Waals surface area contributed by atoms with E-state index in [0.29, 0.717) is 0 Å². The van der Waals surface area contributed by atoms with Gasteiger partial charge in [0.2, 0.25) is 0 Å². The summed E-state index contributed by atoms with van der Waals surface area (Å²) in [7, 11) is 0. The molecule has 0 aliphatic rings. The van der Waals surface area contributed by atoms with Gasteiger partial charge >= 0.3 is 5.97 Å². The summed E-state index contributed by atoms with van der Waals surface area (Å²) in [5.41, 5.74) is 2.00. The average molecular weight is 215 g/mol. The fourth-order valence-corrected chi connectivity index (χ4v) is 1.71. The number of hydrogen-bond donors (Lipinski definition) is 0. The Bertz CT molecular complexity index is 534. The minimum Gasteiger partial charge on any atom is -0.459 e. The Balaban J connectivity index is 2.45. The van der Waals surface area contributed by atoms with Crippen molar-refractivity contribution in [2.24, 2.45) is 0 Å². The summed E-state index contributed by atoms with van der Waals surface area (Å²) in [6, 6.07) is 8.00. The maximum atomic E-state index is 10.8. The molecule has 0 saturated carbocycles. The van der Waals surface area contributed by atoms with E-state index in [0.717, 1.165) is 16.5 Å². The van der Waals surface area contributed by atoms with Gasteiger partial charge in [-0.2, -0.15) is 0 Å². The fourth-order valence-electron chi connectivity index (χ4n) is 1.71. The third kappa shape index (κ3) is 2.03. The number of aromatic nitrogens is 1. The monoisotopic (exact) mass is 215 g/mol. The number of nitrogens with zero attached hydrogens (tertiary/aromatic N) is 1. The maximum Gasteiger partial charge on any atom is 0.303 e. The van der Waals surface area contributed by atoms with E-state index in [1.165, 1.54) is 12.5 Å². The molecule has 0 N–H and O–H groups in total. The minimum atomic E-state index is -0.286. The third-order valence-corrected chi connectivity index (χ3v) is 2.52. The predicted octanol–water partition coefficient (Wildman–Crippen LogP) is 2.61. The second kappa shape index (κ2) is 4.31. The first-order valence-corrected chi connectivity index (χ1v) is 5.15. The topological polar surface area (TPSA) is 39.2 Å². The van der Waals surface area contributed by atoms with Gasteiger partial charge in [-0.1, -0.05) is 18.2 Å². The van der Waals surface area contributed by atoms with Crippen molar-refractivity contribution >= 4 is 16.7 Å². The lowest BCUT2D eigenvalue weighted by atomic mass is 10.1. The van der Waals surface area contributed by atoms with Gasteiger partial charge < -0.3 is 4.74 Å². The van der Waals surface area contributed by atoms with Crippen LogP contribution in [0.2, 0.25) is 0 Å². The van der Waals surface area contributed by atoms with E-state index in [9.17, 15) is 4.79 Å². The number of carbonyl (C=O) groups is 1. The predicted molar refractivity (Wildman–Crippen MR) is 62.0 cm³/mol. The van der Waals surface area contributed by atoms with Gasteiger partial charge in [0.25, 0.3) is 0 Å². The lowest BCUT2D eigenvalue weighted by Gasteiger charge is -2.07. The number of esters is 1. The number of ether oxygens (including phenoxy) is 1. The molecule has 0 aliphatic heterocycles. The Labute approximate surface area is 94.1 Å². The summed E-state index contributed by atoms with van der Waals surface area (Å²) in [4.78, 5) is 15.0. The summed E-state index contributed by atoms with van der Waals surface area (Å²) in [6.07, 6.45) is 1.74. The van der Waals surface area contributed by atoms with Crippen molar-refractivity contribution in [3.63, 3.8) is 0 Å². The van der Waals surface area contributed by atoms with Crippen LogP contribution in [0.1, 0.15) is 18.2 Å². The van der Waals surface area contributed by atoms with E-state index in [4.69, 9.17) is 4.74 Å². The Kier molecular flexibility index (Phi) is 2.86. The van der Waals surface area contributed by atoms with Crippen molar-refractivity contribution in [1.82, 2.24) is 4.98 Å². The Morgan fingerprint density at radius 1 is 1.31 bits per heavy atom. The molecule has 0 aliphatic carbocycles. The van der Waals surface area contributed by atoms with Gasteiger partial charge in [0.1, 0.15) is 6.61 Å². The molecule has 2 aromatic rings. The first-order chi connectivity index (χ1) is 7.68. The number of hydrogen-bond acceptors (Lipinski definition) is 3. The summed E-state index contributed by atoms with van der Waals surface area (Å²) in [6.45, 7) is 3.68. The van der Waals surface area contributed by atoms with Crippen LogP contribution in [0.3, 0.4) is 0 Å². The van der Waals surface area contributed by atoms with Crippen molar-refractivity contribution in [3.05, 3.63) is 41.7 Å². The number of fused-ring (bicyclic) bond motifs is 1. The van der Waals surface area contributed by atoms with Gasteiger partial charge in [-0.15, -0.1) is 0 Å². The number of rotatable bonds is 2. The van der Waals surface area contributed by atoms with E-state index in [1.54, 1.807) is 6.20 Å². The van der Waals surface area contributed by atoms with Crippen LogP contribution >= 0.6 is 0 Å². The molecule has 1 heterocycles. The molecule has 0 atom stereocenters. The zero-order valence-electron chi connectivity index (χ0n) is 9.36. The lowest BCUT2D eigenvalue weighted by Crippen LogP contribution is -2.01. The van der Waals surface area contributed by atoms with Crippen LogP contribution in [-0.2, 0) is 16.1 Å². The lowest BCUT2D eigenvalue weighted by molar-refractivity contribution is -0.142. The van der Waals surface area contributed by atoms with Crippen LogP contribution < -0.4 is 0 Å². The van der Waals surface area contributed by atoms with Crippen molar-refractivity contribution in [2.75, 3.05) is 0 Å². The molecule has 0 radical (unpaired) electrons. The van der Waals surface area contributed by atoms with Crippen molar-refractivity contribution in [3.8, 4) is 0 Å². The van der Waals surface area contributed by atoms with E-state index < -0.39 is 0 Å². The first kappa shape index (κ1) is 10.6. The minimum absolute atomic E-state index is 0.232. The second-order valence-electron chi connectivity index (χ2n) is 3.71. The van der Waals surface area contributed by atoms with Gasteiger partial charge in [-0.05, 0) is 23.9 Å². The maximum absolute atomic E-state index is 10.8. The Morgan fingerprint density at radius 3 is 2.88 bits per heavy atom. The van der Waals surface area contributed by atoms with Crippen molar-refractivity contribution in [1.29, 1.82) is 0 Å². The normalized spacial score (nSPS) is 10.4. The van der Waals surface area contributed by atoms with E-state index in [1.807, 2.05) is 18.2 Å². The Morgan fingerprint density at radius 2 is 2.12 bits per heavy atom. The van der Waals surface area contributed by atoms with E-state index in [-0.39, 0.29) is 12.6 Å². The average Bonchev–Trinajstić information content (AvgIpc) is 2.27. The van der Waals surface area contributed by atoms with E-state index in [2.05, 4.69) is 18.0 Å². The van der Waals surface area contributed by atoms with E-state index >= 15 is 0 Å². The van der Waals surface area contributed by atoms with Crippen molar-refractivity contribution < 1.29 is 9.53 Å². The molecule has 0 bridgehead atoms. The molecular formula is C13H13NO2. The smallest absolute Gasteiger partial charge is 0.303 e. The largest absolute Gasteiger partial charge is 0.459 e. The molecule has 0 unspecified atom stereocenters. The highest BCUT2D eigenvalue weighted by atomic mass is 16.5. The summed E-state index contributed by atoms with van der Waals surface area (Å²) >= 11 is 0. The zero-order chi connectivity index (χ0) is 11.5. The number of benzene rings is 1. The highest BCUT2D eigenvalue weighted by molar-refractivity contribution is 5.87. The summed E-state index contributed by atoms with van der Waals surface area (Å²) < 4.78 is 4.97. The molecule has 2 rings (SSSR count). The van der Waals surface area contributed by atoms with Crippen LogP contribution in [0, 0.1) is 6.92 Å². The van der Waals surface area contributed by atoms with Crippen LogP contribution in [0.15, 0.2) is 30.5 Å². The van der Waals surface area contributed by atoms with Gasteiger partial charge in [0.05, 0.1) is 5.69 Å². The zero-order valence-corrected chi connectivity index (χ0v) is 9.36. The van der Waals surface area contributed by atoms with Crippen LogP contribution in [0.5, 0.6) is 0 Å². The number of aryl methyl sites for hydroxylation is 1. The molecule has 1 aromatic heterocycles. The molecule has 0 amide bonds. The molecule has 3 nitrogen and oxygen atoms in total. The SMILES string of the molecule is CC(=O)OCc1nccc2c(C)cccc12. The molecule has 0 fully saturated rings. The van der Waals surface area contributed by atoms with Crippen molar-refractivity contribution in [2.45, 2.75) is 20.5 Å². The summed E-state index contributed by atoms with van der Waals surface area (Å²) in [5.74, 6) is -0.286. The highest BCUT2D eigenvalue weighted by Gasteiger charge is 2.05. The number of pyridine rings is 1. The standard InChI is InChI=1S/C13H13NO2/c1-9-4-3-5-12-11(9)6-7-14-13(12)8-16-10(2)15/h3-7H,8H2,1-2H3. The first-order valence-electron chi connectivity index (χ1n) is 5.15. The number of carbonyl (C=O) groups excluding carboxylic acids is 1. The van der Waals surface area contributed by atoms with Gasteiger partial charge in [-0.25, -0.2) is 0 Å². The van der Waals surface area contributed by atoms with Crippen LogP contribution in [0.4, 0.5) is 0 Å². The fraction of sp³-hybridized carbons (Fsp3) is 0.231. The highest BCUT2D eigenvalue weighted by Crippen LogP contribution is 2.20. The molecule has 0 saturated heterocycles. The molecule has 82 valence electrons. The molecule has 0 spiro atoms. The van der Waals surface area contributed by atoms with Gasteiger partial charge in [0, 0.05) is 18.5 Å². The molecule has 16 heavy (non-hydrogen) atoms. The summed E-state index contributed by atoms with van der Waals surface area (Å²) in [5, 5.41) is 2.20. The van der Waals surface area contributed by atoms with Gasteiger partial charge in [-0.3, -0.25) is 9.78 Å².